The van der Waals surface area contributed by atoms with E-state index < -0.39 is 20.7 Å². The maximum atomic E-state index is 12.0. The van der Waals surface area contributed by atoms with E-state index in [0.717, 1.165) is 18.2 Å². The highest BCUT2D eigenvalue weighted by atomic mass is 32.2. The monoisotopic (exact) mass is 294 g/mol. The minimum atomic E-state index is -3.85. The number of aromatic hydroxyl groups is 1. The van der Waals surface area contributed by atoms with Gasteiger partial charge in [-0.1, -0.05) is 18.2 Å². The van der Waals surface area contributed by atoms with Crippen molar-refractivity contribution in [3.05, 3.63) is 58.6 Å². The number of phenols is 1. The molecule has 0 spiro atoms. The van der Waals surface area contributed by atoms with Gasteiger partial charge in [-0.05, 0) is 18.2 Å². The minimum Gasteiger partial charge on any atom is -0.505 e. The average molecular weight is 294 g/mol. The van der Waals surface area contributed by atoms with Crippen LogP contribution in [0.5, 0.6) is 5.75 Å². The summed E-state index contributed by atoms with van der Waals surface area (Å²) in [6, 6.07) is 10.7. The van der Waals surface area contributed by atoms with Gasteiger partial charge in [0.05, 0.1) is 21.6 Å². The third kappa shape index (κ3) is 2.86. The number of benzene rings is 2. The number of anilines is 1. The van der Waals surface area contributed by atoms with Crippen molar-refractivity contribution in [1.82, 2.24) is 0 Å². The van der Waals surface area contributed by atoms with Crippen LogP contribution in [0.25, 0.3) is 0 Å². The lowest BCUT2D eigenvalue weighted by Gasteiger charge is -2.09. The Bertz CT molecular complexity index is 744. The first-order valence-electron chi connectivity index (χ1n) is 5.45. The van der Waals surface area contributed by atoms with Gasteiger partial charge in [0.1, 0.15) is 5.75 Å². The van der Waals surface area contributed by atoms with E-state index >= 15 is 0 Å². The molecule has 2 aromatic carbocycles. The number of nitro benzene ring substituents is 1. The number of sulfonamides is 1. The summed E-state index contributed by atoms with van der Waals surface area (Å²) < 4.78 is 26.2. The van der Waals surface area contributed by atoms with Gasteiger partial charge in [0.15, 0.2) is 0 Å². The van der Waals surface area contributed by atoms with E-state index in [0.29, 0.717) is 0 Å². The molecule has 2 N–H and O–H groups in total. The van der Waals surface area contributed by atoms with E-state index in [1.807, 2.05) is 0 Å². The molecule has 0 fully saturated rings. The van der Waals surface area contributed by atoms with E-state index in [9.17, 15) is 23.6 Å². The molecule has 0 heterocycles. The van der Waals surface area contributed by atoms with Crippen molar-refractivity contribution in [3.8, 4) is 5.75 Å². The molecule has 0 saturated carbocycles. The van der Waals surface area contributed by atoms with Crippen LogP contribution in [0.2, 0.25) is 0 Å². The Morgan fingerprint density at radius 1 is 1.10 bits per heavy atom. The summed E-state index contributed by atoms with van der Waals surface area (Å²) >= 11 is 0. The first-order chi connectivity index (χ1) is 9.40. The predicted octanol–water partition coefficient (Wildman–Crippen LogP) is 2.10. The molecule has 0 aliphatic heterocycles. The molecule has 0 unspecified atom stereocenters. The van der Waals surface area contributed by atoms with Gasteiger partial charge in [-0.2, -0.15) is 0 Å². The second kappa shape index (κ2) is 5.17. The Morgan fingerprint density at radius 2 is 1.75 bits per heavy atom. The van der Waals surface area contributed by atoms with Gasteiger partial charge in [0.2, 0.25) is 0 Å². The number of phenolic OH excluding ortho intramolecular Hbond substituents is 1. The topological polar surface area (TPSA) is 110 Å². The predicted molar refractivity (Wildman–Crippen MR) is 72.0 cm³/mol. The Balaban J connectivity index is 2.33. The molecule has 20 heavy (non-hydrogen) atoms. The van der Waals surface area contributed by atoms with Gasteiger partial charge in [0, 0.05) is 6.07 Å². The SMILES string of the molecule is O=[N+]([O-])c1ccc(NS(=O)(=O)c2ccccc2)c(O)c1. The van der Waals surface area contributed by atoms with Crippen LogP contribution in [-0.2, 0) is 10.0 Å². The summed E-state index contributed by atoms with van der Waals surface area (Å²) in [5.41, 5.74) is -0.454. The van der Waals surface area contributed by atoms with Crippen LogP contribution in [0, 0.1) is 10.1 Å². The fourth-order valence-electron chi connectivity index (χ4n) is 1.52. The zero-order valence-corrected chi connectivity index (χ0v) is 10.9. The standard InChI is InChI=1S/C12H10N2O5S/c15-12-8-9(14(16)17)6-7-11(12)13-20(18,19)10-4-2-1-3-5-10/h1-8,13,15H. The zero-order valence-electron chi connectivity index (χ0n) is 10.1. The van der Waals surface area contributed by atoms with Crippen molar-refractivity contribution < 1.29 is 18.4 Å². The van der Waals surface area contributed by atoms with E-state index in [1.54, 1.807) is 18.2 Å². The summed E-state index contributed by atoms with van der Waals surface area (Å²) in [4.78, 5) is 9.87. The quantitative estimate of drug-likeness (QED) is 0.510. The lowest BCUT2D eigenvalue weighted by molar-refractivity contribution is -0.384. The van der Waals surface area contributed by atoms with E-state index in [-0.39, 0.29) is 16.3 Å². The number of nitrogens with one attached hydrogen (secondary N) is 1. The number of hydrogen-bond acceptors (Lipinski definition) is 5. The molecule has 7 nitrogen and oxygen atoms in total. The number of hydrogen-bond donors (Lipinski definition) is 2. The summed E-state index contributed by atoms with van der Waals surface area (Å²) in [6.07, 6.45) is 0. The van der Waals surface area contributed by atoms with Crippen molar-refractivity contribution >= 4 is 21.4 Å². The molecule has 8 heteroatoms. The molecule has 0 amide bonds. The molecule has 2 rings (SSSR count). The van der Waals surface area contributed by atoms with Crippen LogP contribution in [0.15, 0.2) is 53.4 Å². The van der Waals surface area contributed by atoms with Gasteiger partial charge in [-0.3, -0.25) is 14.8 Å². The highest BCUT2D eigenvalue weighted by Gasteiger charge is 2.17. The number of nitro groups is 1. The smallest absolute Gasteiger partial charge is 0.273 e. The molecule has 104 valence electrons. The van der Waals surface area contributed by atoms with Gasteiger partial charge < -0.3 is 5.11 Å². The summed E-state index contributed by atoms with van der Waals surface area (Å²) in [5.74, 6) is -0.515. The van der Waals surface area contributed by atoms with Crippen LogP contribution >= 0.6 is 0 Å². The zero-order chi connectivity index (χ0) is 14.8. The Labute approximate surface area is 114 Å². The van der Waals surface area contributed by atoms with Crippen LogP contribution < -0.4 is 4.72 Å². The average Bonchev–Trinajstić information content (AvgIpc) is 2.41. The van der Waals surface area contributed by atoms with Crippen LogP contribution in [-0.4, -0.2) is 18.4 Å². The summed E-state index contributed by atoms with van der Waals surface area (Å²) in [6.45, 7) is 0. The summed E-state index contributed by atoms with van der Waals surface area (Å²) in [7, 11) is -3.85. The number of non-ortho nitro benzene ring substituents is 1. The second-order valence-corrected chi connectivity index (χ2v) is 5.56. The molecule has 0 radical (unpaired) electrons. The lowest BCUT2D eigenvalue weighted by atomic mass is 10.2. The highest BCUT2D eigenvalue weighted by Crippen LogP contribution is 2.29. The third-order valence-electron chi connectivity index (χ3n) is 2.49. The Kier molecular flexibility index (Phi) is 3.57. The fourth-order valence-corrected chi connectivity index (χ4v) is 2.62. The van der Waals surface area contributed by atoms with Crippen LogP contribution in [0.4, 0.5) is 11.4 Å². The van der Waals surface area contributed by atoms with Gasteiger partial charge in [0.25, 0.3) is 15.7 Å². The normalized spacial score (nSPS) is 11.0. The molecule has 2 aromatic rings. The molecular weight excluding hydrogens is 284 g/mol. The number of rotatable bonds is 4. The Hall–Kier alpha value is -2.61. The van der Waals surface area contributed by atoms with Gasteiger partial charge in [-0.25, -0.2) is 8.42 Å². The lowest BCUT2D eigenvalue weighted by Crippen LogP contribution is -2.12. The third-order valence-corrected chi connectivity index (χ3v) is 3.87. The number of nitrogens with zero attached hydrogens (tertiary/aromatic N) is 1. The van der Waals surface area contributed by atoms with E-state index in [2.05, 4.69) is 4.72 Å². The molecular formula is C12H10N2O5S. The highest BCUT2D eigenvalue weighted by molar-refractivity contribution is 7.92. The minimum absolute atomic E-state index is 0.0257. The van der Waals surface area contributed by atoms with Crippen LogP contribution in [0.3, 0.4) is 0 Å². The first-order valence-corrected chi connectivity index (χ1v) is 6.94. The molecule has 0 aromatic heterocycles. The second-order valence-electron chi connectivity index (χ2n) is 3.88. The van der Waals surface area contributed by atoms with Gasteiger partial charge in [-0.15, -0.1) is 0 Å². The van der Waals surface area contributed by atoms with Crippen molar-refractivity contribution in [2.45, 2.75) is 4.90 Å². The van der Waals surface area contributed by atoms with Crippen LogP contribution in [0.1, 0.15) is 0 Å². The molecule has 0 atom stereocenters. The summed E-state index contributed by atoms with van der Waals surface area (Å²) in [5, 5.41) is 20.1. The van der Waals surface area contributed by atoms with Gasteiger partial charge >= 0.3 is 0 Å². The van der Waals surface area contributed by atoms with Crippen molar-refractivity contribution in [1.29, 1.82) is 0 Å². The van der Waals surface area contributed by atoms with E-state index in [4.69, 9.17) is 0 Å². The Morgan fingerprint density at radius 3 is 2.30 bits per heavy atom. The van der Waals surface area contributed by atoms with Crippen molar-refractivity contribution in [2.24, 2.45) is 0 Å². The van der Waals surface area contributed by atoms with Crippen molar-refractivity contribution in [2.75, 3.05) is 4.72 Å². The first kappa shape index (κ1) is 13.8. The van der Waals surface area contributed by atoms with Crippen molar-refractivity contribution in [3.63, 3.8) is 0 Å². The molecule has 0 aliphatic carbocycles. The molecule has 0 aliphatic rings. The molecule has 0 bridgehead atoms. The van der Waals surface area contributed by atoms with E-state index in [1.165, 1.54) is 12.1 Å². The molecule has 0 saturated heterocycles. The fraction of sp³-hybridized carbons (Fsp3) is 0. The maximum absolute atomic E-state index is 12.0. The maximum Gasteiger partial charge on any atom is 0.273 e. The largest absolute Gasteiger partial charge is 0.505 e.